The van der Waals surface area contributed by atoms with Gasteiger partial charge in [0, 0.05) is 44.9 Å². The van der Waals surface area contributed by atoms with Crippen molar-refractivity contribution in [2.75, 3.05) is 39.9 Å². The molecule has 1 aromatic carbocycles. The summed E-state index contributed by atoms with van der Waals surface area (Å²) in [4.78, 5) is 29.4. The number of carbonyl (C=O) groups excluding carboxylic acids is 2. The smallest absolute Gasteiger partial charge is 0.264 e. The number of amides is 2. The Hall–Kier alpha value is -2.27. The van der Waals surface area contributed by atoms with Crippen molar-refractivity contribution >= 4 is 33.2 Å². The van der Waals surface area contributed by atoms with Crippen LogP contribution in [-0.4, -0.2) is 76.0 Å². The van der Waals surface area contributed by atoms with E-state index >= 15 is 0 Å². The summed E-state index contributed by atoms with van der Waals surface area (Å²) in [6, 6.07) is 9.15. The Morgan fingerprint density at radius 2 is 1.67 bits per heavy atom. The van der Waals surface area contributed by atoms with Crippen LogP contribution in [0.1, 0.15) is 27.0 Å². The molecule has 0 spiro atoms. The van der Waals surface area contributed by atoms with Gasteiger partial charge in [0.15, 0.2) is 0 Å². The normalized spacial score (nSPS) is 15.8. The molecule has 162 valence electrons. The molecule has 0 saturated carbocycles. The Kier molecular flexibility index (Phi) is 7.24. The summed E-state index contributed by atoms with van der Waals surface area (Å²) in [6.45, 7) is 3.78. The van der Waals surface area contributed by atoms with Crippen LogP contribution in [0.5, 0.6) is 0 Å². The lowest BCUT2D eigenvalue weighted by molar-refractivity contribution is 0.0538. The molecule has 10 heteroatoms. The number of methoxy groups -OCH3 is 1. The van der Waals surface area contributed by atoms with Gasteiger partial charge in [0.05, 0.1) is 16.4 Å². The van der Waals surface area contributed by atoms with Crippen molar-refractivity contribution in [3.8, 4) is 0 Å². The summed E-state index contributed by atoms with van der Waals surface area (Å²) >= 11 is 1.41. The molecule has 2 aromatic rings. The molecule has 1 N–H and O–H groups in total. The van der Waals surface area contributed by atoms with E-state index in [0.29, 0.717) is 36.6 Å². The molecule has 0 radical (unpaired) electrons. The lowest BCUT2D eigenvalue weighted by Crippen LogP contribution is -2.50. The first-order chi connectivity index (χ1) is 14.3. The van der Waals surface area contributed by atoms with E-state index in [2.05, 4.69) is 4.72 Å². The number of nitrogens with one attached hydrogen (secondary N) is 1. The molecule has 0 aliphatic carbocycles. The van der Waals surface area contributed by atoms with Crippen LogP contribution in [0.3, 0.4) is 0 Å². The number of benzene rings is 1. The van der Waals surface area contributed by atoms with Crippen LogP contribution in [0.2, 0.25) is 0 Å². The van der Waals surface area contributed by atoms with Crippen molar-refractivity contribution in [3.05, 3.63) is 52.2 Å². The number of hydrogen-bond donors (Lipinski definition) is 1. The SMILES string of the molecule is COC[C@@H](C)NS(=O)(=O)c1ccc(C(=O)N2CCN(C(=O)c3cccs3)CC2)cc1. The number of nitrogens with zero attached hydrogens (tertiary/aromatic N) is 2. The maximum absolute atomic E-state index is 12.8. The fourth-order valence-electron chi connectivity index (χ4n) is 3.24. The van der Waals surface area contributed by atoms with E-state index in [-0.39, 0.29) is 29.4 Å². The summed E-state index contributed by atoms with van der Waals surface area (Å²) < 4.78 is 32.3. The quantitative estimate of drug-likeness (QED) is 0.691. The predicted octanol–water partition coefficient (Wildman–Crippen LogP) is 1.66. The van der Waals surface area contributed by atoms with Crippen molar-refractivity contribution in [1.29, 1.82) is 0 Å². The Balaban J connectivity index is 1.59. The maximum atomic E-state index is 12.8. The average molecular weight is 452 g/mol. The second-order valence-corrected chi connectivity index (χ2v) is 9.73. The van der Waals surface area contributed by atoms with E-state index in [0.717, 1.165) is 0 Å². The van der Waals surface area contributed by atoms with Crippen molar-refractivity contribution in [2.45, 2.75) is 17.9 Å². The van der Waals surface area contributed by atoms with Gasteiger partial charge >= 0.3 is 0 Å². The van der Waals surface area contributed by atoms with Crippen LogP contribution in [0, 0.1) is 0 Å². The Bertz CT molecular complexity index is 966. The third-order valence-corrected chi connectivity index (χ3v) is 7.23. The number of sulfonamides is 1. The third-order valence-electron chi connectivity index (χ3n) is 4.77. The third kappa shape index (κ3) is 5.25. The fourth-order valence-corrected chi connectivity index (χ4v) is 5.16. The molecule has 2 heterocycles. The van der Waals surface area contributed by atoms with Gasteiger partial charge in [0.1, 0.15) is 0 Å². The van der Waals surface area contributed by atoms with Crippen molar-refractivity contribution in [3.63, 3.8) is 0 Å². The molecule has 1 saturated heterocycles. The van der Waals surface area contributed by atoms with Gasteiger partial charge in [-0.1, -0.05) is 6.07 Å². The first-order valence-electron chi connectivity index (χ1n) is 9.55. The van der Waals surface area contributed by atoms with E-state index < -0.39 is 10.0 Å². The van der Waals surface area contributed by atoms with Crippen molar-refractivity contribution in [1.82, 2.24) is 14.5 Å². The van der Waals surface area contributed by atoms with Crippen LogP contribution < -0.4 is 4.72 Å². The highest BCUT2D eigenvalue weighted by molar-refractivity contribution is 7.89. The largest absolute Gasteiger partial charge is 0.383 e. The van der Waals surface area contributed by atoms with Crippen LogP contribution in [-0.2, 0) is 14.8 Å². The van der Waals surface area contributed by atoms with Gasteiger partial charge in [0.25, 0.3) is 11.8 Å². The topological polar surface area (TPSA) is 96.0 Å². The molecule has 0 bridgehead atoms. The van der Waals surface area contributed by atoms with Crippen LogP contribution in [0.25, 0.3) is 0 Å². The number of ether oxygens (including phenoxy) is 1. The van der Waals surface area contributed by atoms with E-state index in [1.807, 2.05) is 11.4 Å². The van der Waals surface area contributed by atoms with E-state index in [1.54, 1.807) is 22.8 Å². The van der Waals surface area contributed by atoms with Crippen molar-refractivity contribution < 1.29 is 22.7 Å². The standard InChI is InChI=1S/C20H25N3O5S2/c1-15(14-28-2)21-30(26,27)17-7-5-16(6-8-17)19(24)22-9-11-23(12-10-22)20(25)18-4-3-13-29-18/h3-8,13,15,21H,9-12,14H2,1-2H3/t15-/m1/s1. The minimum Gasteiger partial charge on any atom is -0.383 e. The van der Waals surface area contributed by atoms with Crippen molar-refractivity contribution in [2.24, 2.45) is 0 Å². The number of thiophene rings is 1. The summed E-state index contributed by atoms with van der Waals surface area (Å²) in [5.41, 5.74) is 0.414. The van der Waals surface area contributed by atoms with Crippen LogP contribution >= 0.6 is 11.3 Å². The molecular formula is C20H25N3O5S2. The van der Waals surface area contributed by atoms with Gasteiger partial charge < -0.3 is 14.5 Å². The molecule has 1 aromatic heterocycles. The molecule has 8 nitrogen and oxygen atoms in total. The second-order valence-electron chi connectivity index (χ2n) is 7.06. The molecule has 1 fully saturated rings. The molecule has 2 amide bonds. The molecule has 3 rings (SSSR count). The van der Waals surface area contributed by atoms with E-state index in [4.69, 9.17) is 4.74 Å². The van der Waals surface area contributed by atoms with Crippen LogP contribution in [0.4, 0.5) is 0 Å². The van der Waals surface area contributed by atoms with Gasteiger partial charge in [-0.15, -0.1) is 11.3 Å². The molecule has 30 heavy (non-hydrogen) atoms. The highest BCUT2D eigenvalue weighted by atomic mass is 32.2. The fraction of sp³-hybridized carbons (Fsp3) is 0.400. The highest BCUT2D eigenvalue weighted by Crippen LogP contribution is 2.16. The highest BCUT2D eigenvalue weighted by Gasteiger charge is 2.26. The molecule has 1 aliphatic heterocycles. The molecule has 1 atom stereocenters. The average Bonchev–Trinajstić information content (AvgIpc) is 3.27. The first-order valence-corrected chi connectivity index (χ1v) is 11.9. The first kappa shape index (κ1) is 22.4. The summed E-state index contributed by atoms with van der Waals surface area (Å²) in [5.74, 6) is -0.190. The lowest BCUT2D eigenvalue weighted by atomic mass is 10.2. The summed E-state index contributed by atoms with van der Waals surface area (Å²) in [7, 11) is -2.18. The van der Waals surface area contributed by atoms with Crippen LogP contribution in [0.15, 0.2) is 46.7 Å². The Labute approximate surface area is 180 Å². The van der Waals surface area contributed by atoms with Gasteiger partial charge in [-0.25, -0.2) is 13.1 Å². The molecule has 1 aliphatic rings. The maximum Gasteiger partial charge on any atom is 0.264 e. The zero-order valence-corrected chi connectivity index (χ0v) is 18.5. The lowest BCUT2D eigenvalue weighted by Gasteiger charge is -2.34. The Morgan fingerprint density at radius 1 is 1.07 bits per heavy atom. The minimum absolute atomic E-state index is 0.0122. The zero-order valence-electron chi connectivity index (χ0n) is 16.9. The monoisotopic (exact) mass is 451 g/mol. The van der Waals surface area contributed by atoms with E-state index in [9.17, 15) is 18.0 Å². The van der Waals surface area contributed by atoms with E-state index in [1.165, 1.54) is 42.7 Å². The van der Waals surface area contributed by atoms with Gasteiger partial charge in [-0.05, 0) is 42.6 Å². The number of rotatable bonds is 7. The predicted molar refractivity (Wildman–Crippen MR) is 114 cm³/mol. The van der Waals surface area contributed by atoms with Gasteiger partial charge in [0.2, 0.25) is 10.0 Å². The summed E-state index contributed by atoms with van der Waals surface area (Å²) in [6.07, 6.45) is 0. The zero-order chi connectivity index (χ0) is 21.7. The molecule has 0 unspecified atom stereocenters. The van der Waals surface area contributed by atoms with Gasteiger partial charge in [-0.2, -0.15) is 0 Å². The number of hydrogen-bond acceptors (Lipinski definition) is 6. The Morgan fingerprint density at radius 3 is 2.20 bits per heavy atom. The number of piperazine rings is 1. The summed E-state index contributed by atoms with van der Waals surface area (Å²) in [5, 5.41) is 1.87. The number of carbonyl (C=O) groups is 2. The second kappa shape index (κ2) is 9.69. The minimum atomic E-state index is -3.69. The molecular weight excluding hydrogens is 426 g/mol. The van der Waals surface area contributed by atoms with Gasteiger partial charge in [-0.3, -0.25) is 9.59 Å².